The summed E-state index contributed by atoms with van der Waals surface area (Å²) in [5.41, 5.74) is 0.624. The number of carbonyl (C=O) groups is 1. The standard InChI is InChI=1S/C19H24FN5O3S/c20-14-3-1-4-15(11-14)25-18(24-6-9-27-10-7-24)22-23-19(25)29-13-17(26)21-12-16-5-2-8-28-16/h1,3-4,11,16H,2,5-10,12-13H2,(H,21,26)/t16-/m1/s1. The molecule has 1 aromatic carbocycles. The van der Waals surface area contributed by atoms with Gasteiger partial charge in [0.2, 0.25) is 11.9 Å². The second-order valence-corrected chi connectivity index (χ2v) is 7.87. The second kappa shape index (κ2) is 9.55. The molecule has 0 bridgehead atoms. The van der Waals surface area contributed by atoms with Crippen LogP contribution in [0.1, 0.15) is 12.8 Å². The molecule has 8 nitrogen and oxygen atoms in total. The topological polar surface area (TPSA) is 81.5 Å². The number of carbonyl (C=O) groups excluding carboxylic acids is 1. The maximum absolute atomic E-state index is 13.9. The summed E-state index contributed by atoms with van der Waals surface area (Å²) in [6, 6.07) is 6.29. The number of ether oxygens (including phenoxy) is 2. The zero-order chi connectivity index (χ0) is 20.1. The molecule has 0 radical (unpaired) electrons. The van der Waals surface area contributed by atoms with Crippen molar-refractivity contribution in [2.75, 3.05) is 50.1 Å². The summed E-state index contributed by atoms with van der Waals surface area (Å²) >= 11 is 1.28. The molecule has 156 valence electrons. The fraction of sp³-hybridized carbons (Fsp3) is 0.526. The molecule has 10 heteroatoms. The van der Waals surface area contributed by atoms with Gasteiger partial charge in [-0.2, -0.15) is 0 Å². The molecule has 29 heavy (non-hydrogen) atoms. The van der Waals surface area contributed by atoms with Crippen LogP contribution in [0.3, 0.4) is 0 Å². The summed E-state index contributed by atoms with van der Waals surface area (Å²) in [5.74, 6) is 0.395. The molecule has 0 saturated carbocycles. The molecule has 2 aliphatic rings. The Balaban J connectivity index is 1.48. The van der Waals surface area contributed by atoms with Gasteiger partial charge in [-0.05, 0) is 31.0 Å². The zero-order valence-corrected chi connectivity index (χ0v) is 16.9. The van der Waals surface area contributed by atoms with Gasteiger partial charge in [-0.3, -0.25) is 9.36 Å². The minimum absolute atomic E-state index is 0.0905. The first-order valence-corrected chi connectivity index (χ1v) is 10.7. The lowest BCUT2D eigenvalue weighted by Crippen LogP contribution is -2.38. The van der Waals surface area contributed by atoms with Crippen LogP contribution in [-0.2, 0) is 14.3 Å². The molecule has 0 unspecified atom stereocenters. The van der Waals surface area contributed by atoms with Gasteiger partial charge in [0.1, 0.15) is 5.82 Å². The number of rotatable bonds is 7. The lowest BCUT2D eigenvalue weighted by atomic mass is 10.2. The van der Waals surface area contributed by atoms with Gasteiger partial charge in [0.25, 0.3) is 0 Å². The van der Waals surface area contributed by atoms with Crippen molar-refractivity contribution in [1.82, 2.24) is 20.1 Å². The van der Waals surface area contributed by atoms with Crippen molar-refractivity contribution in [2.24, 2.45) is 0 Å². The van der Waals surface area contributed by atoms with Crippen LogP contribution < -0.4 is 10.2 Å². The van der Waals surface area contributed by atoms with Crippen molar-refractivity contribution >= 4 is 23.6 Å². The third kappa shape index (κ3) is 5.06. The normalized spacial score (nSPS) is 19.5. The maximum Gasteiger partial charge on any atom is 0.232 e. The van der Waals surface area contributed by atoms with Crippen LogP contribution in [-0.4, -0.2) is 72.0 Å². The predicted molar refractivity (Wildman–Crippen MR) is 107 cm³/mol. The van der Waals surface area contributed by atoms with Crippen LogP contribution in [0.5, 0.6) is 0 Å². The molecular weight excluding hydrogens is 397 g/mol. The lowest BCUT2D eigenvalue weighted by Gasteiger charge is -2.27. The number of halogens is 1. The highest BCUT2D eigenvalue weighted by Crippen LogP contribution is 2.27. The van der Waals surface area contributed by atoms with Crippen LogP contribution >= 0.6 is 11.8 Å². The van der Waals surface area contributed by atoms with Gasteiger partial charge in [-0.25, -0.2) is 4.39 Å². The molecule has 1 aromatic heterocycles. The average molecular weight is 421 g/mol. The Bertz CT molecular complexity index is 837. The Hall–Kier alpha value is -2.17. The molecule has 2 aromatic rings. The van der Waals surface area contributed by atoms with Gasteiger partial charge < -0.3 is 19.7 Å². The number of anilines is 1. The first kappa shape index (κ1) is 20.1. The predicted octanol–water partition coefficient (Wildman–Crippen LogP) is 1.63. The SMILES string of the molecule is O=C(CSc1nnc(N2CCOCC2)n1-c1cccc(F)c1)NC[C@H]1CCCO1. The van der Waals surface area contributed by atoms with Gasteiger partial charge in [-0.15, -0.1) is 10.2 Å². The number of benzene rings is 1. The Labute approximate surface area is 172 Å². The molecular formula is C19H24FN5O3S. The van der Waals surface area contributed by atoms with E-state index >= 15 is 0 Å². The van der Waals surface area contributed by atoms with Gasteiger partial charge in [-0.1, -0.05) is 17.8 Å². The molecule has 4 rings (SSSR count). The number of morpholine rings is 1. The van der Waals surface area contributed by atoms with E-state index in [9.17, 15) is 9.18 Å². The molecule has 1 amide bonds. The van der Waals surface area contributed by atoms with Crippen molar-refractivity contribution in [3.05, 3.63) is 30.1 Å². The molecule has 2 fully saturated rings. The smallest absolute Gasteiger partial charge is 0.232 e. The summed E-state index contributed by atoms with van der Waals surface area (Å²) in [5, 5.41) is 12.0. The van der Waals surface area contributed by atoms with Crippen LogP contribution in [0.15, 0.2) is 29.4 Å². The van der Waals surface area contributed by atoms with E-state index in [0.717, 1.165) is 19.4 Å². The van der Waals surface area contributed by atoms with Crippen molar-refractivity contribution in [3.63, 3.8) is 0 Å². The molecule has 2 aliphatic heterocycles. The fourth-order valence-corrected chi connectivity index (χ4v) is 4.16. The van der Waals surface area contributed by atoms with Crippen molar-refractivity contribution in [3.8, 4) is 5.69 Å². The number of nitrogens with zero attached hydrogens (tertiary/aromatic N) is 4. The van der Waals surface area contributed by atoms with Gasteiger partial charge in [0.05, 0.1) is 30.8 Å². The number of thioether (sulfide) groups is 1. The molecule has 1 N–H and O–H groups in total. The van der Waals surface area contributed by atoms with Crippen molar-refractivity contribution in [2.45, 2.75) is 24.1 Å². The van der Waals surface area contributed by atoms with E-state index in [2.05, 4.69) is 20.4 Å². The molecule has 0 spiro atoms. The van der Waals surface area contributed by atoms with E-state index in [1.807, 2.05) is 0 Å². The molecule has 0 aliphatic carbocycles. The van der Waals surface area contributed by atoms with Crippen LogP contribution in [0.2, 0.25) is 0 Å². The van der Waals surface area contributed by atoms with E-state index in [1.54, 1.807) is 16.7 Å². The van der Waals surface area contributed by atoms with Crippen LogP contribution in [0.4, 0.5) is 10.3 Å². The molecule has 2 saturated heterocycles. The van der Waals surface area contributed by atoms with Gasteiger partial charge in [0.15, 0.2) is 5.16 Å². The summed E-state index contributed by atoms with van der Waals surface area (Å²) in [6.45, 7) is 3.85. The van der Waals surface area contributed by atoms with E-state index in [0.29, 0.717) is 49.6 Å². The first-order chi connectivity index (χ1) is 14.2. The third-order valence-electron chi connectivity index (χ3n) is 4.86. The Morgan fingerprint density at radius 2 is 2.14 bits per heavy atom. The summed E-state index contributed by atoms with van der Waals surface area (Å²) < 4.78 is 26.6. The van der Waals surface area contributed by atoms with E-state index in [1.165, 1.54) is 23.9 Å². The van der Waals surface area contributed by atoms with Crippen LogP contribution in [0, 0.1) is 5.82 Å². The van der Waals surface area contributed by atoms with Crippen LogP contribution in [0.25, 0.3) is 5.69 Å². The number of nitrogens with one attached hydrogen (secondary N) is 1. The largest absolute Gasteiger partial charge is 0.378 e. The highest BCUT2D eigenvalue weighted by molar-refractivity contribution is 7.99. The summed E-state index contributed by atoms with van der Waals surface area (Å²) in [6.07, 6.45) is 2.12. The minimum atomic E-state index is -0.339. The van der Waals surface area contributed by atoms with E-state index in [4.69, 9.17) is 9.47 Å². The monoisotopic (exact) mass is 421 g/mol. The first-order valence-electron chi connectivity index (χ1n) is 9.76. The highest BCUT2D eigenvalue weighted by Gasteiger charge is 2.23. The third-order valence-corrected chi connectivity index (χ3v) is 5.79. The van der Waals surface area contributed by atoms with Crippen molar-refractivity contribution < 1.29 is 18.7 Å². The molecule has 1 atom stereocenters. The maximum atomic E-state index is 13.9. The zero-order valence-electron chi connectivity index (χ0n) is 16.1. The Morgan fingerprint density at radius 3 is 2.90 bits per heavy atom. The second-order valence-electron chi connectivity index (χ2n) is 6.93. The summed E-state index contributed by atoms with van der Waals surface area (Å²) in [4.78, 5) is 14.3. The summed E-state index contributed by atoms with van der Waals surface area (Å²) in [7, 11) is 0. The average Bonchev–Trinajstić information content (AvgIpc) is 3.41. The number of aromatic nitrogens is 3. The van der Waals surface area contributed by atoms with E-state index < -0.39 is 0 Å². The minimum Gasteiger partial charge on any atom is -0.378 e. The molecule has 3 heterocycles. The number of hydrogen-bond donors (Lipinski definition) is 1. The number of hydrogen-bond acceptors (Lipinski definition) is 7. The quantitative estimate of drug-likeness (QED) is 0.681. The highest BCUT2D eigenvalue weighted by atomic mass is 32.2. The van der Waals surface area contributed by atoms with Gasteiger partial charge in [0, 0.05) is 26.2 Å². The Kier molecular flexibility index (Phi) is 6.63. The number of amides is 1. The van der Waals surface area contributed by atoms with Crippen molar-refractivity contribution in [1.29, 1.82) is 0 Å². The fourth-order valence-electron chi connectivity index (χ4n) is 3.38. The van der Waals surface area contributed by atoms with Gasteiger partial charge >= 0.3 is 0 Å². The van der Waals surface area contributed by atoms with E-state index in [-0.39, 0.29) is 23.6 Å². The lowest BCUT2D eigenvalue weighted by molar-refractivity contribution is -0.119. The Morgan fingerprint density at radius 1 is 1.28 bits per heavy atom.